The third-order valence-electron chi connectivity index (χ3n) is 2.35. The van der Waals surface area contributed by atoms with Gasteiger partial charge in [0.15, 0.2) is 0 Å². The molecule has 0 aromatic carbocycles. The number of hydrogen-bond acceptors (Lipinski definition) is 4. The monoisotopic (exact) mass is 395 g/mol. The highest BCUT2D eigenvalue weighted by Crippen LogP contribution is 2.24. The van der Waals surface area contributed by atoms with E-state index in [2.05, 4.69) is 31.9 Å². The molecule has 0 aliphatic carbocycles. The molecule has 0 N–H and O–H groups in total. The summed E-state index contributed by atoms with van der Waals surface area (Å²) < 4.78 is 5.11. The highest BCUT2D eigenvalue weighted by Gasteiger charge is 2.38. The Hall–Kier alpha value is -0.690. The minimum atomic E-state index is -0.646. The van der Waals surface area contributed by atoms with E-state index in [1.54, 1.807) is 20.8 Å². The molecule has 0 fully saturated rings. The topological polar surface area (TPSA) is 63.7 Å². The predicted octanol–water partition coefficient (Wildman–Crippen LogP) is 1.78. The molecular weight excluding hydrogens is 382 g/mol. The van der Waals surface area contributed by atoms with Gasteiger partial charge in [0.05, 0.1) is 0 Å². The van der Waals surface area contributed by atoms with E-state index in [-0.39, 0.29) is 17.2 Å². The highest BCUT2D eigenvalue weighted by atomic mass is 79.9. The molecule has 1 rings (SSSR count). The maximum Gasteiger partial charge on any atom is 0.326 e. The maximum absolute atomic E-state index is 12.0. The van der Waals surface area contributed by atoms with Crippen molar-refractivity contribution in [3.05, 3.63) is 11.1 Å². The molecule has 0 atom stereocenters. The first kappa shape index (κ1) is 16.4. The van der Waals surface area contributed by atoms with E-state index in [9.17, 15) is 14.4 Å². The average molecular weight is 397 g/mol. The number of ether oxygens (including phenoxy) is 1. The molecule has 0 bridgehead atoms. The van der Waals surface area contributed by atoms with Crippen LogP contribution in [0.15, 0.2) is 11.1 Å². The van der Waals surface area contributed by atoms with Crippen molar-refractivity contribution in [1.29, 1.82) is 0 Å². The highest BCUT2D eigenvalue weighted by molar-refractivity contribution is 9.09. The molecule has 5 nitrogen and oxygen atoms in total. The van der Waals surface area contributed by atoms with Gasteiger partial charge in [0.25, 0.3) is 11.8 Å². The lowest BCUT2D eigenvalue weighted by Gasteiger charge is -2.21. The standard InChI is InChI=1S/C12H15Br2NO4/c1-12(2,3)19-9(16)6-15-10(17)7(4-13)8(5-14)11(15)18/h4-6H2,1-3H3. The van der Waals surface area contributed by atoms with Crippen molar-refractivity contribution in [3.8, 4) is 0 Å². The van der Waals surface area contributed by atoms with Crippen LogP contribution >= 0.6 is 31.9 Å². The molecule has 1 aliphatic heterocycles. The quantitative estimate of drug-likeness (QED) is 0.412. The van der Waals surface area contributed by atoms with Crippen LogP contribution < -0.4 is 0 Å². The Bertz CT molecular complexity index is 425. The van der Waals surface area contributed by atoms with Crippen molar-refractivity contribution >= 4 is 49.6 Å². The summed E-state index contributed by atoms with van der Waals surface area (Å²) in [7, 11) is 0. The third-order valence-corrected chi connectivity index (χ3v) is 3.47. The molecule has 7 heteroatoms. The summed E-state index contributed by atoms with van der Waals surface area (Å²) in [5.41, 5.74) is 0.114. The Kier molecular flexibility index (Phi) is 5.32. The van der Waals surface area contributed by atoms with Crippen LogP contribution in [-0.4, -0.2) is 45.5 Å². The summed E-state index contributed by atoms with van der Waals surface area (Å²) in [6.07, 6.45) is 0. The fourth-order valence-corrected chi connectivity index (χ4v) is 2.75. The average Bonchev–Trinajstić information content (AvgIpc) is 2.49. The van der Waals surface area contributed by atoms with Gasteiger partial charge in [0.2, 0.25) is 0 Å². The van der Waals surface area contributed by atoms with Gasteiger partial charge < -0.3 is 4.74 Å². The van der Waals surface area contributed by atoms with Crippen molar-refractivity contribution in [3.63, 3.8) is 0 Å². The first-order chi connectivity index (χ1) is 8.71. The lowest BCUT2D eigenvalue weighted by atomic mass is 10.2. The van der Waals surface area contributed by atoms with E-state index in [0.717, 1.165) is 4.90 Å². The molecule has 0 aromatic heterocycles. The number of imide groups is 1. The second-order valence-corrected chi connectivity index (χ2v) is 6.13. The summed E-state index contributed by atoms with van der Waals surface area (Å²) in [6, 6.07) is 0. The van der Waals surface area contributed by atoms with Gasteiger partial charge in [-0.3, -0.25) is 19.3 Å². The number of esters is 1. The summed E-state index contributed by atoms with van der Waals surface area (Å²) in [5.74, 6) is -1.48. The van der Waals surface area contributed by atoms with Crippen LogP contribution in [0.3, 0.4) is 0 Å². The van der Waals surface area contributed by atoms with Gasteiger partial charge in [-0.15, -0.1) is 0 Å². The number of carbonyl (C=O) groups excluding carboxylic acids is 3. The number of carbonyl (C=O) groups is 3. The molecule has 0 unspecified atom stereocenters. The second-order valence-electron chi connectivity index (χ2n) is 5.01. The van der Waals surface area contributed by atoms with Crippen molar-refractivity contribution in [2.24, 2.45) is 0 Å². The van der Waals surface area contributed by atoms with Gasteiger partial charge in [-0.25, -0.2) is 0 Å². The maximum atomic E-state index is 12.0. The van der Waals surface area contributed by atoms with Gasteiger partial charge in [-0.2, -0.15) is 0 Å². The summed E-state index contributed by atoms with van der Waals surface area (Å²) in [5, 5.41) is 0.562. The minimum Gasteiger partial charge on any atom is -0.459 e. The largest absolute Gasteiger partial charge is 0.459 e. The van der Waals surface area contributed by atoms with Crippen LogP contribution in [0, 0.1) is 0 Å². The third kappa shape index (κ3) is 3.89. The molecule has 0 radical (unpaired) electrons. The van der Waals surface area contributed by atoms with Crippen LogP contribution in [0.4, 0.5) is 0 Å². The lowest BCUT2D eigenvalue weighted by molar-refractivity contribution is -0.160. The minimum absolute atomic E-state index is 0.281. The van der Waals surface area contributed by atoms with Crippen LogP contribution in [-0.2, 0) is 19.1 Å². The van der Waals surface area contributed by atoms with Gasteiger partial charge >= 0.3 is 5.97 Å². The molecule has 0 saturated carbocycles. The van der Waals surface area contributed by atoms with Crippen LogP contribution in [0.5, 0.6) is 0 Å². The number of amides is 2. The Morgan fingerprint density at radius 3 is 1.84 bits per heavy atom. The van der Waals surface area contributed by atoms with E-state index < -0.39 is 23.4 Å². The molecule has 0 spiro atoms. The van der Waals surface area contributed by atoms with E-state index in [0.29, 0.717) is 11.1 Å². The molecule has 1 aliphatic rings. The zero-order valence-corrected chi connectivity index (χ0v) is 14.1. The zero-order valence-electron chi connectivity index (χ0n) is 11.0. The van der Waals surface area contributed by atoms with Gasteiger partial charge in [-0.1, -0.05) is 31.9 Å². The van der Waals surface area contributed by atoms with Crippen molar-refractivity contribution in [2.75, 3.05) is 17.2 Å². The normalized spacial score (nSPS) is 16.4. The van der Waals surface area contributed by atoms with Crippen molar-refractivity contribution in [1.82, 2.24) is 4.90 Å². The fourth-order valence-electron chi connectivity index (χ4n) is 1.60. The number of rotatable bonds is 4. The Balaban J connectivity index is 2.81. The SMILES string of the molecule is CC(C)(C)OC(=O)CN1C(=O)C(CBr)=C(CBr)C1=O. The molecule has 106 valence electrons. The van der Waals surface area contributed by atoms with Crippen LogP contribution in [0.25, 0.3) is 0 Å². The Morgan fingerprint density at radius 2 is 1.53 bits per heavy atom. The summed E-state index contributed by atoms with van der Waals surface area (Å²) in [4.78, 5) is 36.6. The summed E-state index contributed by atoms with van der Waals surface area (Å²) >= 11 is 6.35. The predicted molar refractivity (Wildman–Crippen MR) is 77.2 cm³/mol. The van der Waals surface area contributed by atoms with E-state index in [4.69, 9.17) is 4.74 Å². The second kappa shape index (κ2) is 6.17. The first-order valence-corrected chi connectivity index (χ1v) is 7.87. The molecule has 0 aromatic rings. The number of halogens is 2. The van der Waals surface area contributed by atoms with Crippen LogP contribution in [0.2, 0.25) is 0 Å². The Labute approximate surface area is 128 Å². The smallest absolute Gasteiger partial charge is 0.326 e. The first-order valence-electron chi connectivity index (χ1n) is 5.63. The molecule has 2 amide bonds. The van der Waals surface area contributed by atoms with E-state index in [1.807, 2.05) is 0 Å². The number of hydrogen-bond donors (Lipinski definition) is 0. The van der Waals surface area contributed by atoms with Gasteiger partial charge in [0.1, 0.15) is 12.1 Å². The van der Waals surface area contributed by atoms with Crippen molar-refractivity contribution < 1.29 is 19.1 Å². The molecule has 1 heterocycles. The van der Waals surface area contributed by atoms with Crippen molar-refractivity contribution in [2.45, 2.75) is 26.4 Å². The molecular formula is C12H15Br2NO4. The lowest BCUT2D eigenvalue weighted by Crippen LogP contribution is -2.39. The number of alkyl halides is 2. The molecule has 0 saturated heterocycles. The summed E-state index contributed by atoms with van der Waals surface area (Å²) in [6.45, 7) is 4.82. The van der Waals surface area contributed by atoms with Gasteiger partial charge in [-0.05, 0) is 20.8 Å². The van der Waals surface area contributed by atoms with E-state index in [1.165, 1.54) is 0 Å². The van der Waals surface area contributed by atoms with Gasteiger partial charge in [0, 0.05) is 21.8 Å². The Morgan fingerprint density at radius 1 is 1.11 bits per heavy atom. The number of nitrogens with zero attached hydrogens (tertiary/aromatic N) is 1. The van der Waals surface area contributed by atoms with Crippen LogP contribution in [0.1, 0.15) is 20.8 Å². The van der Waals surface area contributed by atoms with E-state index >= 15 is 0 Å². The fraction of sp³-hybridized carbons (Fsp3) is 0.583. The molecule has 19 heavy (non-hydrogen) atoms. The zero-order chi connectivity index (χ0) is 14.8.